The number of rotatable bonds is 0. The van der Waals surface area contributed by atoms with E-state index in [1.165, 1.54) is 22.8 Å². The third-order valence-electron chi connectivity index (χ3n) is 5.66. The molecule has 0 aliphatic carbocycles. The Kier molecular flexibility index (Phi) is 4.99. The van der Waals surface area contributed by atoms with Gasteiger partial charge in [-0.25, -0.2) is 0 Å². The van der Waals surface area contributed by atoms with Crippen LogP contribution in [0.4, 0.5) is 0 Å². The molecule has 132 valence electrons. The van der Waals surface area contributed by atoms with Crippen molar-refractivity contribution >= 4 is 0 Å². The van der Waals surface area contributed by atoms with Crippen LogP contribution < -0.4 is 0 Å². The normalized spacial score (nSPS) is 44.5. The molecule has 4 atom stereocenters. The summed E-state index contributed by atoms with van der Waals surface area (Å²) in [6, 6.07) is 1.34. The summed E-state index contributed by atoms with van der Waals surface area (Å²) in [4.78, 5) is 0. The Morgan fingerprint density at radius 3 is 1.64 bits per heavy atom. The van der Waals surface area contributed by atoms with Gasteiger partial charge in [0.1, 0.15) is 0 Å². The average Bonchev–Trinajstić information content (AvgIpc) is 3.32. The first-order valence-electron chi connectivity index (χ1n) is 9.46. The Morgan fingerprint density at radius 1 is 0.560 bits per heavy atom. The molecule has 5 rings (SSSR count). The number of allylic oxidation sites excluding steroid dienone is 4. The first-order chi connectivity index (χ1) is 11.8. The molecule has 5 heterocycles. The molecule has 0 saturated carbocycles. The van der Waals surface area contributed by atoms with Crippen molar-refractivity contribution in [3.8, 4) is 0 Å². The van der Waals surface area contributed by atoms with Crippen LogP contribution in [-0.2, 0) is 17.1 Å². The standard InChI is InChI=1S/C20H24N4.Fe/c1-2-14-10-16-5-6-18(23-16)12-20-8-7-19(24-20)11-17-4-3-15(22-17)9-13(1)21-14;/h9-14,17,20H,1-8H2;/q-4;+4/b15-9-,16-10-,18-12-,19-11-;/t13-,14?,17-,20?;/m0./s1. The Labute approximate surface area is 161 Å². The van der Waals surface area contributed by atoms with E-state index in [2.05, 4.69) is 24.3 Å². The van der Waals surface area contributed by atoms with Crippen LogP contribution in [0, 0.1) is 0 Å². The van der Waals surface area contributed by atoms with E-state index in [-0.39, 0.29) is 17.1 Å². The Balaban J connectivity index is 0.00000157. The topological polar surface area (TPSA) is 56.4 Å². The van der Waals surface area contributed by atoms with E-state index < -0.39 is 0 Å². The fraction of sp³-hybridized carbons (Fsp3) is 0.600. The van der Waals surface area contributed by atoms with Gasteiger partial charge in [-0.3, -0.25) is 0 Å². The fourth-order valence-electron chi connectivity index (χ4n) is 4.44. The summed E-state index contributed by atoms with van der Waals surface area (Å²) in [6.45, 7) is 0. The predicted octanol–water partition coefficient (Wildman–Crippen LogP) is 5.68. The number of nitrogens with zero attached hydrogens (tertiary/aromatic N) is 4. The van der Waals surface area contributed by atoms with E-state index in [1.54, 1.807) is 0 Å². The minimum atomic E-state index is 0. The smallest absolute Gasteiger partial charge is 0.682 e. The van der Waals surface area contributed by atoms with Crippen LogP contribution in [0.3, 0.4) is 0 Å². The van der Waals surface area contributed by atoms with Crippen molar-refractivity contribution < 1.29 is 17.1 Å². The fourth-order valence-corrected chi connectivity index (χ4v) is 4.44. The molecular weight excluding hydrogens is 352 g/mol. The van der Waals surface area contributed by atoms with Crippen molar-refractivity contribution in [3.05, 3.63) is 68.4 Å². The van der Waals surface area contributed by atoms with Crippen LogP contribution in [0.1, 0.15) is 51.4 Å². The molecule has 0 spiro atoms. The summed E-state index contributed by atoms with van der Waals surface area (Å²) in [5.41, 5.74) is 4.96. The summed E-state index contributed by atoms with van der Waals surface area (Å²) in [5.74, 6) is 0. The van der Waals surface area contributed by atoms with E-state index in [1.807, 2.05) is 0 Å². The van der Waals surface area contributed by atoms with Crippen LogP contribution >= 0.6 is 0 Å². The molecule has 5 aliphatic heterocycles. The Morgan fingerprint density at radius 2 is 1.04 bits per heavy atom. The summed E-state index contributed by atoms with van der Waals surface area (Å²) in [6.07, 6.45) is 18.1. The van der Waals surface area contributed by atoms with Gasteiger partial charge in [-0.15, -0.1) is 48.5 Å². The van der Waals surface area contributed by atoms with Crippen LogP contribution in [0.5, 0.6) is 0 Å². The summed E-state index contributed by atoms with van der Waals surface area (Å²) < 4.78 is 0. The molecule has 0 aromatic carbocycles. The maximum absolute atomic E-state index is 4.97. The molecule has 0 amide bonds. The second-order valence-electron chi connectivity index (χ2n) is 7.58. The van der Waals surface area contributed by atoms with Crippen LogP contribution in [0.25, 0.3) is 21.3 Å². The van der Waals surface area contributed by atoms with Crippen molar-refractivity contribution in [1.29, 1.82) is 0 Å². The predicted molar refractivity (Wildman–Crippen MR) is 97.9 cm³/mol. The van der Waals surface area contributed by atoms with Gasteiger partial charge >= 0.3 is 17.1 Å². The van der Waals surface area contributed by atoms with Crippen molar-refractivity contribution in [2.24, 2.45) is 0 Å². The number of hydrogen-bond acceptors (Lipinski definition) is 0. The SMILES string of the molecule is C1=C2/CC/C(=C/C3CC[C@@H](/C=C4/CC[C@@H](/C=C5/CCC/1[N-]5)[N-]4)[N-]3)[N-]2.[Fe+4]. The van der Waals surface area contributed by atoms with E-state index >= 15 is 0 Å². The first kappa shape index (κ1) is 17.3. The van der Waals surface area contributed by atoms with Crippen molar-refractivity contribution in [1.82, 2.24) is 0 Å². The van der Waals surface area contributed by atoms with E-state index in [9.17, 15) is 0 Å². The second-order valence-corrected chi connectivity index (χ2v) is 7.58. The molecule has 2 unspecified atom stereocenters. The quantitative estimate of drug-likeness (QED) is 0.489. The molecule has 0 N–H and O–H groups in total. The summed E-state index contributed by atoms with van der Waals surface area (Å²) in [7, 11) is 0. The maximum Gasteiger partial charge on any atom is 4.00 e. The van der Waals surface area contributed by atoms with Crippen molar-refractivity contribution in [2.75, 3.05) is 0 Å². The van der Waals surface area contributed by atoms with Gasteiger partial charge in [0.2, 0.25) is 0 Å². The summed E-state index contributed by atoms with van der Waals surface area (Å²) in [5, 5.41) is 19.6. The van der Waals surface area contributed by atoms with Gasteiger partial charge in [0, 0.05) is 0 Å². The van der Waals surface area contributed by atoms with Gasteiger partial charge in [-0.2, -0.15) is 22.8 Å². The van der Waals surface area contributed by atoms with Crippen LogP contribution in [0.15, 0.2) is 47.1 Å². The van der Waals surface area contributed by atoms with Crippen LogP contribution in [-0.4, -0.2) is 24.2 Å². The molecule has 0 aromatic heterocycles. The van der Waals surface area contributed by atoms with Gasteiger partial charge in [-0.05, 0) is 12.8 Å². The molecule has 0 aromatic rings. The van der Waals surface area contributed by atoms with Gasteiger partial charge in [0.25, 0.3) is 0 Å². The van der Waals surface area contributed by atoms with E-state index in [4.69, 9.17) is 21.3 Å². The van der Waals surface area contributed by atoms with Gasteiger partial charge in [0.15, 0.2) is 0 Å². The molecule has 0 radical (unpaired) electrons. The maximum atomic E-state index is 4.97. The molecule has 4 saturated heterocycles. The molecular formula is C20H24FeN4. The van der Waals surface area contributed by atoms with Gasteiger partial charge < -0.3 is 21.3 Å². The average molecular weight is 376 g/mol. The van der Waals surface area contributed by atoms with E-state index in [0.29, 0.717) is 24.2 Å². The van der Waals surface area contributed by atoms with Gasteiger partial charge in [0.05, 0.1) is 0 Å². The van der Waals surface area contributed by atoms with Crippen molar-refractivity contribution in [3.63, 3.8) is 0 Å². The molecule has 4 fully saturated rings. The first-order valence-corrected chi connectivity index (χ1v) is 9.46. The number of fused-ring (bicyclic) bond motifs is 8. The molecule has 4 nitrogen and oxygen atoms in total. The minimum Gasteiger partial charge on any atom is -0.682 e. The van der Waals surface area contributed by atoms with Gasteiger partial charge in [-0.1, -0.05) is 38.5 Å². The Hall–Kier alpha value is -1.16. The zero-order valence-electron chi connectivity index (χ0n) is 14.4. The van der Waals surface area contributed by atoms with E-state index in [0.717, 1.165) is 51.4 Å². The third kappa shape index (κ3) is 3.84. The summed E-state index contributed by atoms with van der Waals surface area (Å²) >= 11 is 0. The minimum absolute atomic E-state index is 0. The zero-order chi connectivity index (χ0) is 15.9. The zero-order valence-corrected chi connectivity index (χ0v) is 15.5. The van der Waals surface area contributed by atoms with Crippen molar-refractivity contribution in [2.45, 2.75) is 75.5 Å². The molecule has 8 bridgehead atoms. The second kappa shape index (κ2) is 7.22. The van der Waals surface area contributed by atoms with Crippen LogP contribution in [0.2, 0.25) is 0 Å². The molecule has 5 aliphatic rings. The Bertz CT molecular complexity index is 648. The monoisotopic (exact) mass is 376 g/mol. The molecule has 25 heavy (non-hydrogen) atoms. The molecule has 5 heteroatoms. The largest absolute Gasteiger partial charge is 4.00 e. The number of hydrogen-bond donors (Lipinski definition) is 0. The third-order valence-corrected chi connectivity index (χ3v) is 5.66.